The summed E-state index contributed by atoms with van der Waals surface area (Å²) in [5.74, 6) is 1.19. The van der Waals surface area contributed by atoms with Crippen LogP contribution >= 0.6 is 31.9 Å². The first-order chi connectivity index (χ1) is 9.97. The summed E-state index contributed by atoms with van der Waals surface area (Å²) < 4.78 is 12.8. The maximum absolute atomic E-state index is 8.74. The zero-order chi connectivity index (χ0) is 15.3. The normalized spacial score (nSPS) is 19.4. The molecule has 2 aromatic rings. The second-order valence-electron chi connectivity index (χ2n) is 4.96. The number of hydrogen-bond donors (Lipinski definition) is 1. The summed E-state index contributed by atoms with van der Waals surface area (Å²) in [6.45, 7) is 3.49. The van der Waals surface area contributed by atoms with Gasteiger partial charge in [0.1, 0.15) is 23.7 Å². The molecular formula is C16H16Br2O3. The zero-order valence-electron chi connectivity index (χ0n) is 11.6. The summed E-state index contributed by atoms with van der Waals surface area (Å²) in [6.07, 6.45) is 0. The van der Waals surface area contributed by atoms with Gasteiger partial charge in [0.25, 0.3) is 0 Å². The summed E-state index contributed by atoms with van der Waals surface area (Å²) in [7, 11) is 0. The Bertz CT molecular complexity index is 542. The maximum atomic E-state index is 8.74. The molecule has 1 saturated heterocycles. The van der Waals surface area contributed by atoms with E-state index in [9.17, 15) is 0 Å². The molecule has 1 N–H and O–H groups in total. The number of phenols is 1. The number of aromatic hydroxyl groups is 1. The molecule has 1 aliphatic heterocycles. The Labute approximate surface area is 141 Å². The lowest BCUT2D eigenvalue weighted by atomic mass is 10.2. The fourth-order valence-corrected chi connectivity index (χ4v) is 1.94. The highest BCUT2D eigenvalue weighted by Gasteiger charge is 2.40. The number of halogens is 2. The topological polar surface area (TPSA) is 42.0 Å². The van der Waals surface area contributed by atoms with Crippen LogP contribution < -0.4 is 4.74 Å². The van der Waals surface area contributed by atoms with Crippen LogP contribution in [0.4, 0.5) is 0 Å². The molecule has 1 fully saturated rings. The van der Waals surface area contributed by atoms with E-state index >= 15 is 0 Å². The van der Waals surface area contributed by atoms with Crippen LogP contribution in [0.3, 0.4) is 0 Å². The Balaban J connectivity index is 0.000000173. The largest absolute Gasteiger partial charge is 0.508 e. The second kappa shape index (κ2) is 7.29. The Morgan fingerprint density at radius 2 is 1.52 bits per heavy atom. The molecule has 3 nitrogen and oxygen atoms in total. The van der Waals surface area contributed by atoms with E-state index in [0.29, 0.717) is 12.4 Å². The third-order valence-electron chi connectivity index (χ3n) is 2.82. The number of hydrogen-bond acceptors (Lipinski definition) is 3. The Kier molecular flexibility index (Phi) is 5.67. The molecule has 0 aromatic heterocycles. The van der Waals surface area contributed by atoms with Gasteiger partial charge in [-0.15, -0.1) is 0 Å². The van der Waals surface area contributed by atoms with Crippen LogP contribution in [0.1, 0.15) is 6.92 Å². The number of benzene rings is 2. The van der Waals surface area contributed by atoms with Gasteiger partial charge in [0.05, 0.1) is 6.61 Å². The molecule has 1 unspecified atom stereocenters. The average Bonchev–Trinajstić information content (AvgIpc) is 3.21. The van der Waals surface area contributed by atoms with Crippen LogP contribution in [0.2, 0.25) is 0 Å². The molecule has 5 heteroatoms. The van der Waals surface area contributed by atoms with Crippen molar-refractivity contribution in [3.63, 3.8) is 0 Å². The first-order valence-electron chi connectivity index (χ1n) is 6.44. The Morgan fingerprint density at radius 1 is 1.05 bits per heavy atom. The highest BCUT2D eigenvalue weighted by Crippen LogP contribution is 2.27. The van der Waals surface area contributed by atoms with Crippen molar-refractivity contribution in [3.05, 3.63) is 57.5 Å². The first-order valence-corrected chi connectivity index (χ1v) is 8.02. The molecule has 0 saturated carbocycles. The monoisotopic (exact) mass is 414 g/mol. The van der Waals surface area contributed by atoms with E-state index in [-0.39, 0.29) is 5.60 Å². The predicted octanol–water partition coefficient (Wildman–Crippen LogP) is 4.77. The maximum Gasteiger partial charge on any atom is 0.123 e. The lowest BCUT2D eigenvalue weighted by Crippen LogP contribution is -2.16. The van der Waals surface area contributed by atoms with Crippen LogP contribution in [0.25, 0.3) is 0 Å². The highest BCUT2D eigenvalue weighted by atomic mass is 79.9. The van der Waals surface area contributed by atoms with E-state index in [2.05, 4.69) is 31.9 Å². The van der Waals surface area contributed by atoms with Gasteiger partial charge in [0.2, 0.25) is 0 Å². The highest BCUT2D eigenvalue weighted by molar-refractivity contribution is 9.10. The van der Waals surface area contributed by atoms with Crippen LogP contribution in [0, 0.1) is 0 Å². The molecule has 1 atom stereocenters. The van der Waals surface area contributed by atoms with E-state index in [1.165, 1.54) is 0 Å². The van der Waals surface area contributed by atoms with Crippen molar-refractivity contribution < 1.29 is 14.6 Å². The first kappa shape index (κ1) is 16.3. The molecule has 2 aromatic carbocycles. The fraction of sp³-hybridized carbons (Fsp3) is 0.250. The van der Waals surface area contributed by atoms with Crippen molar-refractivity contribution in [2.45, 2.75) is 12.5 Å². The van der Waals surface area contributed by atoms with Crippen molar-refractivity contribution in [1.29, 1.82) is 0 Å². The van der Waals surface area contributed by atoms with Crippen molar-refractivity contribution in [3.8, 4) is 11.5 Å². The molecule has 3 rings (SSSR count). The van der Waals surface area contributed by atoms with Crippen LogP contribution in [0.5, 0.6) is 11.5 Å². The molecule has 1 heterocycles. The van der Waals surface area contributed by atoms with Crippen molar-refractivity contribution >= 4 is 31.9 Å². The minimum Gasteiger partial charge on any atom is -0.508 e. The Morgan fingerprint density at radius 3 is 1.95 bits per heavy atom. The van der Waals surface area contributed by atoms with E-state index in [4.69, 9.17) is 14.6 Å². The SMILES string of the molecule is CC1(COc2ccc(Br)cc2)CO1.Oc1ccc(Br)cc1. The van der Waals surface area contributed by atoms with Crippen molar-refractivity contribution in [2.24, 2.45) is 0 Å². The quantitative estimate of drug-likeness (QED) is 0.734. The van der Waals surface area contributed by atoms with Gasteiger partial charge in [0.15, 0.2) is 0 Å². The third-order valence-corrected chi connectivity index (χ3v) is 3.88. The lowest BCUT2D eigenvalue weighted by Gasteiger charge is -2.08. The molecular weight excluding hydrogens is 400 g/mol. The van der Waals surface area contributed by atoms with Gasteiger partial charge in [-0.1, -0.05) is 31.9 Å². The van der Waals surface area contributed by atoms with Gasteiger partial charge >= 0.3 is 0 Å². The van der Waals surface area contributed by atoms with Crippen LogP contribution in [0.15, 0.2) is 57.5 Å². The molecule has 0 aliphatic carbocycles. The third kappa shape index (κ3) is 6.08. The standard InChI is InChI=1S/C10H11BrO2.C6H5BrO/c1-10(7-13-10)6-12-9-4-2-8(11)3-5-9;7-5-1-3-6(8)4-2-5/h2-5H,6-7H2,1H3;1-4,8H. The van der Waals surface area contributed by atoms with Gasteiger partial charge in [0, 0.05) is 8.95 Å². The predicted molar refractivity (Wildman–Crippen MR) is 89.8 cm³/mol. The number of epoxide rings is 1. The van der Waals surface area contributed by atoms with Gasteiger partial charge in [-0.05, 0) is 55.5 Å². The number of ether oxygens (including phenoxy) is 2. The second-order valence-corrected chi connectivity index (χ2v) is 6.79. The van der Waals surface area contributed by atoms with E-state index in [1.807, 2.05) is 31.2 Å². The minimum absolute atomic E-state index is 0.0346. The molecule has 1 aliphatic rings. The Hall–Kier alpha value is -1.04. The smallest absolute Gasteiger partial charge is 0.123 e. The van der Waals surface area contributed by atoms with E-state index in [0.717, 1.165) is 21.3 Å². The van der Waals surface area contributed by atoms with Crippen molar-refractivity contribution in [1.82, 2.24) is 0 Å². The van der Waals surface area contributed by atoms with Crippen molar-refractivity contribution in [2.75, 3.05) is 13.2 Å². The summed E-state index contributed by atoms with van der Waals surface area (Å²) in [5.41, 5.74) is -0.0346. The van der Waals surface area contributed by atoms with Gasteiger partial charge in [-0.2, -0.15) is 0 Å². The molecule has 21 heavy (non-hydrogen) atoms. The molecule has 0 radical (unpaired) electrons. The number of phenolic OH excluding ortho intramolecular Hbond substituents is 1. The average molecular weight is 416 g/mol. The fourth-order valence-electron chi connectivity index (χ4n) is 1.41. The van der Waals surface area contributed by atoms with Gasteiger partial charge < -0.3 is 14.6 Å². The van der Waals surface area contributed by atoms with Gasteiger partial charge in [-0.25, -0.2) is 0 Å². The van der Waals surface area contributed by atoms with E-state index < -0.39 is 0 Å². The summed E-state index contributed by atoms with van der Waals surface area (Å²) in [4.78, 5) is 0. The summed E-state index contributed by atoms with van der Waals surface area (Å²) in [6, 6.07) is 14.6. The van der Waals surface area contributed by atoms with Gasteiger partial charge in [-0.3, -0.25) is 0 Å². The van der Waals surface area contributed by atoms with Crippen LogP contribution in [-0.4, -0.2) is 23.9 Å². The molecule has 0 amide bonds. The summed E-state index contributed by atoms with van der Waals surface area (Å²) >= 11 is 6.60. The summed E-state index contributed by atoms with van der Waals surface area (Å²) in [5, 5.41) is 8.74. The van der Waals surface area contributed by atoms with E-state index in [1.54, 1.807) is 24.3 Å². The molecule has 0 spiro atoms. The lowest BCUT2D eigenvalue weighted by molar-refractivity contribution is 0.202. The minimum atomic E-state index is -0.0346. The zero-order valence-corrected chi connectivity index (χ0v) is 14.7. The molecule has 112 valence electrons. The van der Waals surface area contributed by atoms with Crippen LogP contribution in [-0.2, 0) is 4.74 Å². The molecule has 0 bridgehead atoms. The number of rotatable bonds is 3.